The van der Waals surface area contributed by atoms with Gasteiger partial charge >= 0.3 is 0 Å². The Hall–Kier alpha value is -1.67. The van der Waals surface area contributed by atoms with Crippen molar-refractivity contribution in [2.24, 2.45) is 0 Å². The summed E-state index contributed by atoms with van der Waals surface area (Å²) in [5.41, 5.74) is 2.03. The molecule has 0 aliphatic rings. The Labute approximate surface area is 118 Å². The highest BCUT2D eigenvalue weighted by Crippen LogP contribution is 2.25. The van der Waals surface area contributed by atoms with Crippen LogP contribution in [0.3, 0.4) is 0 Å². The summed E-state index contributed by atoms with van der Waals surface area (Å²) in [7, 11) is 0. The fourth-order valence-corrected chi connectivity index (χ4v) is 1.96. The van der Waals surface area contributed by atoms with E-state index in [0.717, 1.165) is 23.3 Å². The highest BCUT2D eigenvalue weighted by molar-refractivity contribution is 6.17. The van der Waals surface area contributed by atoms with E-state index < -0.39 is 0 Å². The molecule has 0 amide bonds. The second-order valence-corrected chi connectivity index (χ2v) is 4.72. The molecular formula is C16H17ClO2. The molecule has 100 valence electrons. The molecule has 0 fully saturated rings. The number of alkyl halides is 1. The Balaban J connectivity index is 2.09. The van der Waals surface area contributed by atoms with E-state index in [4.69, 9.17) is 16.3 Å². The van der Waals surface area contributed by atoms with Crippen LogP contribution in [0.5, 0.6) is 11.5 Å². The monoisotopic (exact) mass is 276 g/mol. The Bertz CT molecular complexity index is 511. The van der Waals surface area contributed by atoms with Gasteiger partial charge in [-0.2, -0.15) is 0 Å². The van der Waals surface area contributed by atoms with Crippen molar-refractivity contribution < 1.29 is 9.84 Å². The minimum atomic E-state index is 0.300. The predicted molar refractivity (Wildman–Crippen MR) is 78.2 cm³/mol. The molecule has 0 saturated carbocycles. The molecule has 0 aromatic heterocycles. The lowest BCUT2D eigenvalue weighted by Crippen LogP contribution is -1.98. The minimum Gasteiger partial charge on any atom is -0.508 e. The van der Waals surface area contributed by atoms with Crippen LogP contribution in [0.2, 0.25) is 0 Å². The van der Waals surface area contributed by atoms with Crippen LogP contribution in [0.15, 0.2) is 48.5 Å². The first-order chi connectivity index (χ1) is 9.29. The third kappa shape index (κ3) is 4.18. The summed E-state index contributed by atoms with van der Waals surface area (Å²) in [6, 6.07) is 15.4. The van der Waals surface area contributed by atoms with E-state index in [2.05, 4.69) is 0 Å². The summed E-state index contributed by atoms with van der Waals surface area (Å²) in [5, 5.41) is 9.89. The summed E-state index contributed by atoms with van der Waals surface area (Å²) in [6.45, 7) is 0.596. The number of halogens is 1. The van der Waals surface area contributed by atoms with Gasteiger partial charge < -0.3 is 9.84 Å². The molecule has 0 unspecified atom stereocenters. The molecule has 2 rings (SSSR count). The minimum absolute atomic E-state index is 0.300. The first-order valence-electron chi connectivity index (χ1n) is 6.34. The van der Waals surface area contributed by atoms with Gasteiger partial charge in [-0.05, 0) is 30.2 Å². The van der Waals surface area contributed by atoms with Crippen molar-refractivity contribution in [3.8, 4) is 11.5 Å². The van der Waals surface area contributed by atoms with Crippen LogP contribution < -0.4 is 4.74 Å². The van der Waals surface area contributed by atoms with Gasteiger partial charge in [0.05, 0.1) is 6.61 Å². The standard InChI is InChI=1S/C16H17ClO2/c17-9-4-10-19-15-7-8-16(18)14(12-15)11-13-5-2-1-3-6-13/h1-3,5-8,12,18H,4,9-11H2. The van der Waals surface area contributed by atoms with Crippen molar-refractivity contribution in [1.82, 2.24) is 0 Å². The number of hydrogen-bond donors (Lipinski definition) is 1. The van der Waals surface area contributed by atoms with E-state index in [1.807, 2.05) is 36.4 Å². The number of aromatic hydroxyl groups is 1. The molecule has 19 heavy (non-hydrogen) atoms. The molecule has 0 bridgehead atoms. The van der Waals surface area contributed by atoms with Crippen molar-refractivity contribution in [2.45, 2.75) is 12.8 Å². The summed E-state index contributed by atoms with van der Waals surface area (Å²) >= 11 is 5.61. The van der Waals surface area contributed by atoms with E-state index in [1.165, 1.54) is 0 Å². The van der Waals surface area contributed by atoms with Crippen molar-refractivity contribution >= 4 is 11.6 Å². The van der Waals surface area contributed by atoms with Crippen LogP contribution in [0.1, 0.15) is 17.5 Å². The molecule has 2 aromatic rings. The van der Waals surface area contributed by atoms with Crippen LogP contribution in [-0.2, 0) is 6.42 Å². The van der Waals surface area contributed by atoms with Gasteiger partial charge in [-0.15, -0.1) is 11.6 Å². The Kier molecular flexibility index (Phi) is 5.10. The van der Waals surface area contributed by atoms with Crippen LogP contribution in [0.4, 0.5) is 0 Å². The molecule has 0 spiro atoms. The maximum atomic E-state index is 9.89. The molecule has 2 nitrogen and oxygen atoms in total. The van der Waals surface area contributed by atoms with Gasteiger partial charge in [0.15, 0.2) is 0 Å². The number of ether oxygens (including phenoxy) is 1. The molecule has 0 aliphatic heterocycles. The van der Waals surface area contributed by atoms with Crippen molar-refractivity contribution in [2.75, 3.05) is 12.5 Å². The number of benzene rings is 2. The SMILES string of the molecule is Oc1ccc(OCCCCl)cc1Cc1ccccc1. The highest BCUT2D eigenvalue weighted by atomic mass is 35.5. The fourth-order valence-electron chi connectivity index (χ4n) is 1.85. The third-order valence-corrected chi connectivity index (χ3v) is 3.10. The maximum absolute atomic E-state index is 9.89. The summed E-state index contributed by atoms with van der Waals surface area (Å²) < 4.78 is 5.58. The van der Waals surface area contributed by atoms with Crippen molar-refractivity contribution in [3.63, 3.8) is 0 Å². The van der Waals surface area contributed by atoms with E-state index in [1.54, 1.807) is 12.1 Å². The molecule has 0 saturated heterocycles. The number of rotatable bonds is 6. The zero-order valence-electron chi connectivity index (χ0n) is 10.7. The Morgan fingerprint density at radius 1 is 1.05 bits per heavy atom. The first kappa shape index (κ1) is 13.8. The summed E-state index contributed by atoms with van der Waals surface area (Å²) in [6.07, 6.45) is 1.51. The molecule has 0 heterocycles. The first-order valence-corrected chi connectivity index (χ1v) is 6.87. The predicted octanol–water partition coefficient (Wildman–Crippen LogP) is 3.99. The normalized spacial score (nSPS) is 10.4. The van der Waals surface area contributed by atoms with Crippen LogP contribution in [-0.4, -0.2) is 17.6 Å². The van der Waals surface area contributed by atoms with Crippen LogP contribution >= 0.6 is 11.6 Å². The second kappa shape index (κ2) is 7.05. The molecule has 0 aliphatic carbocycles. The molecule has 1 N–H and O–H groups in total. The largest absolute Gasteiger partial charge is 0.508 e. The molecule has 2 aromatic carbocycles. The van der Waals surface area contributed by atoms with Gasteiger partial charge in [0.25, 0.3) is 0 Å². The quantitative estimate of drug-likeness (QED) is 0.638. The Morgan fingerprint density at radius 2 is 1.84 bits per heavy atom. The smallest absolute Gasteiger partial charge is 0.119 e. The van der Waals surface area contributed by atoms with Gasteiger partial charge in [-0.3, -0.25) is 0 Å². The second-order valence-electron chi connectivity index (χ2n) is 4.34. The lowest BCUT2D eigenvalue weighted by Gasteiger charge is -2.09. The average molecular weight is 277 g/mol. The topological polar surface area (TPSA) is 29.5 Å². The third-order valence-electron chi connectivity index (χ3n) is 2.84. The van der Waals surface area contributed by atoms with Gasteiger partial charge in [0, 0.05) is 17.9 Å². The molecule has 0 atom stereocenters. The summed E-state index contributed by atoms with van der Waals surface area (Å²) in [5.74, 6) is 1.66. The van der Waals surface area contributed by atoms with Crippen LogP contribution in [0.25, 0.3) is 0 Å². The number of phenolic OH excluding ortho intramolecular Hbond substituents is 1. The molecular weight excluding hydrogens is 260 g/mol. The van der Waals surface area contributed by atoms with Crippen LogP contribution in [0, 0.1) is 0 Å². The lowest BCUT2D eigenvalue weighted by molar-refractivity contribution is 0.317. The van der Waals surface area contributed by atoms with E-state index in [-0.39, 0.29) is 0 Å². The summed E-state index contributed by atoms with van der Waals surface area (Å²) in [4.78, 5) is 0. The number of phenols is 1. The van der Waals surface area contributed by atoms with Crippen molar-refractivity contribution in [1.29, 1.82) is 0 Å². The lowest BCUT2D eigenvalue weighted by atomic mass is 10.0. The van der Waals surface area contributed by atoms with E-state index in [0.29, 0.717) is 24.7 Å². The highest BCUT2D eigenvalue weighted by Gasteiger charge is 2.05. The Morgan fingerprint density at radius 3 is 2.58 bits per heavy atom. The fraction of sp³-hybridized carbons (Fsp3) is 0.250. The number of hydrogen-bond acceptors (Lipinski definition) is 2. The van der Waals surface area contributed by atoms with Gasteiger partial charge in [0.1, 0.15) is 11.5 Å². The molecule has 0 radical (unpaired) electrons. The maximum Gasteiger partial charge on any atom is 0.119 e. The van der Waals surface area contributed by atoms with Gasteiger partial charge in [-0.25, -0.2) is 0 Å². The molecule has 3 heteroatoms. The zero-order chi connectivity index (χ0) is 13.5. The van der Waals surface area contributed by atoms with Crippen molar-refractivity contribution in [3.05, 3.63) is 59.7 Å². The van der Waals surface area contributed by atoms with Gasteiger partial charge in [0.2, 0.25) is 0 Å². The van der Waals surface area contributed by atoms with E-state index in [9.17, 15) is 5.11 Å². The van der Waals surface area contributed by atoms with E-state index >= 15 is 0 Å². The van der Waals surface area contributed by atoms with Gasteiger partial charge in [-0.1, -0.05) is 30.3 Å². The zero-order valence-corrected chi connectivity index (χ0v) is 11.4. The average Bonchev–Trinajstić information content (AvgIpc) is 2.44.